The molecule has 2 aliphatic heterocycles. The molecule has 3 aromatic rings. The van der Waals surface area contributed by atoms with Crippen LogP contribution < -0.4 is 10.9 Å². The van der Waals surface area contributed by atoms with Crippen molar-refractivity contribution in [1.29, 1.82) is 0 Å². The number of carbonyl (C=O) groups is 2. The second-order valence-electron chi connectivity index (χ2n) is 7.87. The lowest BCUT2D eigenvalue weighted by Crippen LogP contribution is -2.49. The molecule has 0 aromatic carbocycles. The maximum atomic E-state index is 13.0. The molecule has 2 amide bonds. The number of anilines is 1. The zero-order valence-corrected chi connectivity index (χ0v) is 17.9. The van der Waals surface area contributed by atoms with Gasteiger partial charge in [-0.05, 0) is 47.4 Å². The average Bonchev–Trinajstić information content (AvgIpc) is 3.44. The lowest BCUT2D eigenvalue weighted by atomic mass is 9.83. The largest absolute Gasteiger partial charge is 0.341 e. The standard InChI is InChI=1S/C22H21N3O3S2/c26-20(10-16-3-1-7-29-16)24-11-14-9-15(13-24)18-6-5-17(22(28)25(18)12-14)23-21(27)19-4-2-8-30-19/h1-8,14-15H,9-13H2,(H,23,27)/t14-,15-/m1/s1. The van der Waals surface area contributed by atoms with Gasteiger partial charge in [-0.25, -0.2) is 0 Å². The summed E-state index contributed by atoms with van der Waals surface area (Å²) in [5.74, 6) is 0.302. The Hall–Kier alpha value is -2.71. The van der Waals surface area contributed by atoms with Gasteiger partial charge in [0.15, 0.2) is 0 Å². The van der Waals surface area contributed by atoms with Crippen LogP contribution in [0.1, 0.15) is 32.6 Å². The first-order valence-corrected chi connectivity index (χ1v) is 11.7. The van der Waals surface area contributed by atoms with Gasteiger partial charge in [-0.3, -0.25) is 14.4 Å². The van der Waals surface area contributed by atoms with Crippen LogP contribution in [0.3, 0.4) is 0 Å². The van der Waals surface area contributed by atoms with Crippen LogP contribution in [0.25, 0.3) is 0 Å². The van der Waals surface area contributed by atoms with E-state index in [2.05, 4.69) is 5.32 Å². The Kier molecular flexibility index (Phi) is 5.04. The quantitative estimate of drug-likeness (QED) is 0.677. The molecule has 5 heterocycles. The van der Waals surface area contributed by atoms with E-state index in [4.69, 9.17) is 0 Å². The third-order valence-corrected chi connectivity index (χ3v) is 7.60. The van der Waals surface area contributed by atoms with Crippen LogP contribution in [0.2, 0.25) is 0 Å². The molecule has 8 heteroatoms. The summed E-state index contributed by atoms with van der Waals surface area (Å²) in [6.07, 6.45) is 1.43. The van der Waals surface area contributed by atoms with Crippen molar-refractivity contribution in [3.05, 3.63) is 73.0 Å². The minimum atomic E-state index is -0.260. The highest BCUT2D eigenvalue weighted by molar-refractivity contribution is 7.12. The second-order valence-corrected chi connectivity index (χ2v) is 9.85. The van der Waals surface area contributed by atoms with Gasteiger partial charge in [-0.2, -0.15) is 0 Å². The molecule has 30 heavy (non-hydrogen) atoms. The van der Waals surface area contributed by atoms with Crippen LogP contribution in [0, 0.1) is 5.92 Å². The lowest BCUT2D eigenvalue weighted by molar-refractivity contribution is -0.133. The number of rotatable bonds is 4. The summed E-state index contributed by atoms with van der Waals surface area (Å²) in [4.78, 5) is 41.8. The molecule has 0 spiro atoms. The van der Waals surface area contributed by atoms with Gasteiger partial charge in [0.05, 0.1) is 11.3 Å². The van der Waals surface area contributed by atoms with Gasteiger partial charge >= 0.3 is 0 Å². The fraction of sp³-hybridized carbons (Fsp3) is 0.318. The summed E-state index contributed by atoms with van der Waals surface area (Å²) < 4.78 is 1.80. The number of nitrogens with zero attached hydrogens (tertiary/aromatic N) is 2. The number of thiophene rings is 2. The first kappa shape index (κ1) is 19.3. The van der Waals surface area contributed by atoms with Crippen molar-refractivity contribution < 1.29 is 9.59 Å². The maximum absolute atomic E-state index is 13.0. The van der Waals surface area contributed by atoms with E-state index in [1.165, 1.54) is 11.3 Å². The third-order valence-electron chi connectivity index (χ3n) is 5.86. The second kappa shape index (κ2) is 7.85. The molecule has 2 aliphatic rings. The fourth-order valence-electron chi connectivity index (χ4n) is 4.51. The van der Waals surface area contributed by atoms with E-state index in [1.54, 1.807) is 28.0 Å². The van der Waals surface area contributed by atoms with Crippen molar-refractivity contribution in [3.8, 4) is 0 Å². The van der Waals surface area contributed by atoms with Crippen LogP contribution in [0.15, 0.2) is 52.0 Å². The Morgan fingerprint density at radius 1 is 1.03 bits per heavy atom. The monoisotopic (exact) mass is 439 g/mol. The summed E-state index contributed by atoms with van der Waals surface area (Å²) in [6.45, 7) is 1.90. The smallest absolute Gasteiger partial charge is 0.274 e. The summed E-state index contributed by atoms with van der Waals surface area (Å²) >= 11 is 2.95. The van der Waals surface area contributed by atoms with Crippen LogP contribution in [-0.2, 0) is 17.8 Å². The summed E-state index contributed by atoms with van der Waals surface area (Å²) in [5, 5.41) is 6.58. The number of piperidine rings is 1. The normalized spacial score (nSPS) is 19.9. The van der Waals surface area contributed by atoms with Crippen molar-refractivity contribution in [2.45, 2.75) is 25.3 Å². The summed E-state index contributed by atoms with van der Waals surface area (Å²) in [5.41, 5.74) is 1.10. The van der Waals surface area contributed by atoms with Crippen molar-refractivity contribution in [2.75, 3.05) is 18.4 Å². The van der Waals surface area contributed by atoms with Crippen molar-refractivity contribution >= 4 is 40.2 Å². The molecule has 5 rings (SSSR count). The van der Waals surface area contributed by atoms with Gasteiger partial charge in [0.25, 0.3) is 11.5 Å². The minimum absolute atomic E-state index is 0.152. The highest BCUT2D eigenvalue weighted by Crippen LogP contribution is 2.35. The average molecular weight is 440 g/mol. The molecule has 1 fully saturated rings. The number of aromatic nitrogens is 1. The number of fused-ring (bicyclic) bond motifs is 4. The maximum Gasteiger partial charge on any atom is 0.274 e. The number of hydrogen-bond donors (Lipinski definition) is 1. The Bertz CT molecular complexity index is 1140. The molecule has 154 valence electrons. The molecule has 1 N–H and O–H groups in total. The molecule has 6 nitrogen and oxygen atoms in total. The molecular formula is C22H21N3O3S2. The van der Waals surface area contributed by atoms with E-state index in [0.29, 0.717) is 36.6 Å². The van der Waals surface area contributed by atoms with E-state index in [9.17, 15) is 14.4 Å². The Morgan fingerprint density at radius 3 is 2.63 bits per heavy atom. The van der Waals surface area contributed by atoms with E-state index in [1.807, 2.05) is 39.9 Å². The lowest BCUT2D eigenvalue weighted by Gasteiger charge is -2.43. The zero-order chi connectivity index (χ0) is 20.7. The number of carbonyl (C=O) groups excluding carboxylic acids is 2. The van der Waals surface area contributed by atoms with E-state index in [-0.39, 0.29) is 29.2 Å². The molecule has 0 aliphatic carbocycles. The summed E-state index contributed by atoms with van der Waals surface area (Å²) in [6, 6.07) is 11.1. The summed E-state index contributed by atoms with van der Waals surface area (Å²) in [7, 11) is 0. The first-order valence-electron chi connectivity index (χ1n) is 9.97. The van der Waals surface area contributed by atoms with Crippen LogP contribution in [0.5, 0.6) is 0 Å². The predicted molar refractivity (Wildman–Crippen MR) is 118 cm³/mol. The molecule has 2 atom stereocenters. The van der Waals surface area contributed by atoms with E-state index >= 15 is 0 Å². The number of hydrogen-bond acceptors (Lipinski definition) is 5. The molecule has 2 bridgehead atoms. The van der Waals surface area contributed by atoms with Gasteiger partial charge in [-0.1, -0.05) is 12.1 Å². The fourth-order valence-corrected chi connectivity index (χ4v) is 5.83. The van der Waals surface area contributed by atoms with Crippen LogP contribution >= 0.6 is 22.7 Å². The molecule has 0 saturated carbocycles. The Labute approximate surface area is 181 Å². The number of pyridine rings is 1. The SMILES string of the molecule is O=C(Nc1ccc2n(c1=O)C[C@@H]1C[C@@H]2CN(C(=O)Cc2cccs2)C1)c1cccs1. The number of likely N-dealkylation sites (tertiary alicyclic amines) is 1. The molecule has 1 saturated heterocycles. The zero-order valence-electron chi connectivity index (χ0n) is 16.2. The first-order chi connectivity index (χ1) is 14.6. The van der Waals surface area contributed by atoms with Gasteiger partial charge in [0, 0.05) is 36.1 Å². The van der Waals surface area contributed by atoms with E-state index in [0.717, 1.165) is 17.0 Å². The van der Waals surface area contributed by atoms with Crippen molar-refractivity contribution in [2.24, 2.45) is 5.92 Å². The molecule has 3 aromatic heterocycles. The van der Waals surface area contributed by atoms with Gasteiger partial charge in [-0.15, -0.1) is 22.7 Å². The van der Waals surface area contributed by atoms with Gasteiger partial charge < -0.3 is 14.8 Å². The molecule has 0 unspecified atom stereocenters. The topological polar surface area (TPSA) is 71.4 Å². The molecular weight excluding hydrogens is 418 g/mol. The molecule has 0 radical (unpaired) electrons. The van der Waals surface area contributed by atoms with Crippen LogP contribution in [0.4, 0.5) is 5.69 Å². The van der Waals surface area contributed by atoms with Crippen LogP contribution in [-0.4, -0.2) is 34.4 Å². The number of nitrogens with one attached hydrogen (secondary N) is 1. The van der Waals surface area contributed by atoms with Crippen molar-refractivity contribution in [1.82, 2.24) is 9.47 Å². The highest BCUT2D eigenvalue weighted by atomic mass is 32.1. The van der Waals surface area contributed by atoms with Gasteiger partial charge in [0.2, 0.25) is 5.91 Å². The number of amides is 2. The Balaban J connectivity index is 1.35. The van der Waals surface area contributed by atoms with E-state index < -0.39 is 0 Å². The highest BCUT2D eigenvalue weighted by Gasteiger charge is 2.36. The van der Waals surface area contributed by atoms with Crippen molar-refractivity contribution in [3.63, 3.8) is 0 Å². The minimum Gasteiger partial charge on any atom is -0.341 e. The Morgan fingerprint density at radius 2 is 1.87 bits per heavy atom. The van der Waals surface area contributed by atoms with Gasteiger partial charge in [0.1, 0.15) is 5.69 Å². The predicted octanol–water partition coefficient (Wildman–Crippen LogP) is 3.41. The third kappa shape index (κ3) is 3.61.